The first-order valence-corrected chi connectivity index (χ1v) is 8.78. The Kier molecular flexibility index (Phi) is 5.68. The van der Waals surface area contributed by atoms with Crippen LogP contribution in [-0.2, 0) is 4.74 Å². The second kappa shape index (κ2) is 8.14. The van der Waals surface area contributed by atoms with E-state index in [1.54, 1.807) is 17.9 Å². The molecule has 0 unspecified atom stereocenters. The van der Waals surface area contributed by atoms with E-state index in [1.807, 2.05) is 38.1 Å². The molecule has 1 aliphatic rings. The molecule has 0 aliphatic carbocycles. The Bertz CT molecular complexity index is 756. The molecule has 3 rings (SSSR count). The van der Waals surface area contributed by atoms with Crippen LogP contribution < -0.4 is 10.1 Å². The molecule has 7 heteroatoms. The summed E-state index contributed by atoms with van der Waals surface area (Å²) in [5.41, 5.74) is 1.26. The van der Waals surface area contributed by atoms with Crippen molar-refractivity contribution in [2.75, 3.05) is 31.6 Å². The number of nitrogens with zero attached hydrogens (tertiary/aromatic N) is 3. The molecule has 0 saturated carbocycles. The van der Waals surface area contributed by atoms with Crippen molar-refractivity contribution in [1.82, 2.24) is 14.9 Å². The maximum Gasteiger partial charge on any atom is 0.272 e. The lowest BCUT2D eigenvalue weighted by atomic mass is 10.2. The highest BCUT2D eigenvalue weighted by molar-refractivity contribution is 5.93. The van der Waals surface area contributed by atoms with Crippen molar-refractivity contribution >= 4 is 17.4 Å². The number of carbonyl (C=O) groups is 1. The standard InChI is InChI=1S/C19H24N4O3/c1-13(2)26-16-6-4-15(5-7-16)22-18-12-17(20-14(3)21-18)19(24)23-8-10-25-11-9-23/h4-7,12-13H,8-11H2,1-3H3,(H,20,21,22). The summed E-state index contributed by atoms with van der Waals surface area (Å²) < 4.78 is 10.9. The van der Waals surface area contributed by atoms with Gasteiger partial charge in [-0.25, -0.2) is 9.97 Å². The van der Waals surface area contributed by atoms with Gasteiger partial charge in [-0.15, -0.1) is 0 Å². The van der Waals surface area contributed by atoms with Crippen molar-refractivity contribution in [3.8, 4) is 5.75 Å². The monoisotopic (exact) mass is 356 g/mol. The number of anilines is 2. The topological polar surface area (TPSA) is 76.6 Å². The average molecular weight is 356 g/mol. The summed E-state index contributed by atoms with van der Waals surface area (Å²) in [6, 6.07) is 9.31. The van der Waals surface area contributed by atoms with E-state index in [0.29, 0.717) is 43.6 Å². The number of hydrogen-bond donors (Lipinski definition) is 1. The number of aromatic nitrogens is 2. The lowest BCUT2D eigenvalue weighted by Crippen LogP contribution is -2.41. The molecule has 2 heterocycles. The minimum Gasteiger partial charge on any atom is -0.491 e. The highest BCUT2D eigenvalue weighted by Crippen LogP contribution is 2.20. The molecule has 1 aromatic heterocycles. The Morgan fingerprint density at radius 3 is 2.54 bits per heavy atom. The molecule has 7 nitrogen and oxygen atoms in total. The van der Waals surface area contributed by atoms with Crippen molar-refractivity contribution in [2.24, 2.45) is 0 Å². The van der Waals surface area contributed by atoms with Gasteiger partial charge in [0.05, 0.1) is 19.3 Å². The van der Waals surface area contributed by atoms with E-state index in [4.69, 9.17) is 9.47 Å². The van der Waals surface area contributed by atoms with Crippen molar-refractivity contribution in [2.45, 2.75) is 26.9 Å². The van der Waals surface area contributed by atoms with Crippen LogP contribution in [0.5, 0.6) is 5.75 Å². The maximum atomic E-state index is 12.6. The largest absolute Gasteiger partial charge is 0.491 e. The molecule has 1 fully saturated rings. The SMILES string of the molecule is Cc1nc(Nc2ccc(OC(C)C)cc2)cc(C(=O)N2CCOCC2)n1. The number of aryl methyl sites for hydroxylation is 1. The van der Waals surface area contributed by atoms with E-state index in [1.165, 1.54) is 0 Å². The number of rotatable bonds is 5. The normalized spacial score (nSPS) is 14.4. The van der Waals surface area contributed by atoms with E-state index < -0.39 is 0 Å². The molecule has 1 saturated heterocycles. The molecule has 0 bridgehead atoms. The Morgan fingerprint density at radius 1 is 1.19 bits per heavy atom. The fourth-order valence-corrected chi connectivity index (χ4v) is 2.71. The van der Waals surface area contributed by atoms with Crippen LogP contribution in [0.25, 0.3) is 0 Å². The first-order valence-electron chi connectivity index (χ1n) is 8.78. The summed E-state index contributed by atoms with van der Waals surface area (Å²) in [4.78, 5) is 23.1. The molecule has 1 N–H and O–H groups in total. The van der Waals surface area contributed by atoms with Gasteiger partial charge in [0.15, 0.2) is 0 Å². The highest BCUT2D eigenvalue weighted by atomic mass is 16.5. The van der Waals surface area contributed by atoms with Crippen LogP contribution in [0.1, 0.15) is 30.2 Å². The number of nitrogens with one attached hydrogen (secondary N) is 1. The van der Waals surface area contributed by atoms with Gasteiger partial charge in [-0.1, -0.05) is 0 Å². The van der Waals surface area contributed by atoms with Crippen LogP contribution in [0.2, 0.25) is 0 Å². The smallest absolute Gasteiger partial charge is 0.272 e. The number of morpholine rings is 1. The van der Waals surface area contributed by atoms with Gasteiger partial charge < -0.3 is 19.7 Å². The van der Waals surface area contributed by atoms with Gasteiger partial charge in [0, 0.05) is 24.8 Å². The van der Waals surface area contributed by atoms with E-state index in [-0.39, 0.29) is 12.0 Å². The summed E-state index contributed by atoms with van der Waals surface area (Å²) in [6.07, 6.45) is 0.132. The van der Waals surface area contributed by atoms with Gasteiger partial charge in [0.2, 0.25) is 0 Å². The molecule has 26 heavy (non-hydrogen) atoms. The summed E-state index contributed by atoms with van der Waals surface area (Å²) in [5, 5.41) is 3.22. The van der Waals surface area contributed by atoms with Gasteiger partial charge in [0.25, 0.3) is 5.91 Å². The number of carbonyl (C=O) groups excluding carboxylic acids is 1. The fraction of sp³-hybridized carbons (Fsp3) is 0.421. The second-order valence-electron chi connectivity index (χ2n) is 6.41. The zero-order valence-corrected chi connectivity index (χ0v) is 15.4. The van der Waals surface area contributed by atoms with E-state index in [9.17, 15) is 4.79 Å². The third-order valence-corrected chi connectivity index (χ3v) is 3.85. The predicted molar refractivity (Wildman–Crippen MR) is 99.0 cm³/mol. The van der Waals surface area contributed by atoms with Crippen molar-refractivity contribution in [1.29, 1.82) is 0 Å². The minimum atomic E-state index is -0.0949. The predicted octanol–water partition coefficient (Wildman–Crippen LogP) is 2.79. The Labute approximate surface area is 153 Å². The van der Waals surface area contributed by atoms with Gasteiger partial charge in [0.1, 0.15) is 23.1 Å². The van der Waals surface area contributed by atoms with E-state index >= 15 is 0 Å². The summed E-state index contributed by atoms with van der Waals surface area (Å²) in [7, 11) is 0. The molecule has 0 atom stereocenters. The molecule has 0 radical (unpaired) electrons. The molecule has 1 amide bonds. The number of amides is 1. The summed E-state index contributed by atoms with van der Waals surface area (Å²) in [6.45, 7) is 8.05. The van der Waals surface area contributed by atoms with E-state index in [0.717, 1.165) is 11.4 Å². The number of hydrogen-bond acceptors (Lipinski definition) is 6. The highest BCUT2D eigenvalue weighted by Gasteiger charge is 2.20. The van der Waals surface area contributed by atoms with Gasteiger partial charge >= 0.3 is 0 Å². The van der Waals surface area contributed by atoms with Gasteiger partial charge in [-0.2, -0.15) is 0 Å². The Morgan fingerprint density at radius 2 is 1.88 bits per heavy atom. The molecule has 1 aromatic carbocycles. The third-order valence-electron chi connectivity index (χ3n) is 3.85. The summed E-state index contributed by atoms with van der Waals surface area (Å²) in [5.74, 6) is 1.85. The molecular weight excluding hydrogens is 332 g/mol. The zero-order valence-electron chi connectivity index (χ0n) is 15.4. The van der Waals surface area contributed by atoms with Crippen LogP contribution in [0.4, 0.5) is 11.5 Å². The molecule has 2 aromatic rings. The average Bonchev–Trinajstić information content (AvgIpc) is 2.62. The molecule has 0 spiro atoms. The minimum absolute atomic E-state index is 0.0949. The van der Waals surface area contributed by atoms with Crippen LogP contribution in [0.3, 0.4) is 0 Å². The van der Waals surface area contributed by atoms with Gasteiger partial charge in [-0.05, 0) is 45.0 Å². The van der Waals surface area contributed by atoms with Crippen molar-refractivity contribution in [3.63, 3.8) is 0 Å². The quantitative estimate of drug-likeness (QED) is 0.888. The second-order valence-corrected chi connectivity index (χ2v) is 6.41. The van der Waals surface area contributed by atoms with Crippen molar-refractivity contribution < 1.29 is 14.3 Å². The Hall–Kier alpha value is -2.67. The lowest BCUT2D eigenvalue weighted by molar-refractivity contribution is 0.0299. The van der Waals surface area contributed by atoms with Crippen LogP contribution in [-0.4, -0.2) is 53.2 Å². The van der Waals surface area contributed by atoms with Crippen LogP contribution in [0, 0.1) is 6.92 Å². The first kappa shape index (κ1) is 18.1. The maximum absolute atomic E-state index is 12.6. The number of benzene rings is 1. The number of ether oxygens (including phenoxy) is 2. The summed E-state index contributed by atoms with van der Waals surface area (Å²) >= 11 is 0. The Balaban J connectivity index is 1.74. The first-order chi connectivity index (χ1) is 12.5. The van der Waals surface area contributed by atoms with Crippen molar-refractivity contribution in [3.05, 3.63) is 41.9 Å². The molecule has 138 valence electrons. The lowest BCUT2D eigenvalue weighted by Gasteiger charge is -2.26. The fourth-order valence-electron chi connectivity index (χ4n) is 2.71. The van der Waals surface area contributed by atoms with Crippen LogP contribution >= 0.6 is 0 Å². The molecular formula is C19H24N4O3. The van der Waals surface area contributed by atoms with Crippen LogP contribution in [0.15, 0.2) is 30.3 Å². The zero-order chi connectivity index (χ0) is 18.5. The van der Waals surface area contributed by atoms with E-state index in [2.05, 4.69) is 15.3 Å². The van der Waals surface area contributed by atoms with Gasteiger partial charge in [-0.3, -0.25) is 4.79 Å². The third kappa shape index (κ3) is 4.70. The molecule has 1 aliphatic heterocycles.